The summed E-state index contributed by atoms with van der Waals surface area (Å²) in [5.41, 5.74) is 8.92. The predicted molar refractivity (Wildman–Crippen MR) is 137 cm³/mol. The lowest BCUT2D eigenvalue weighted by Gasteiger charge is -2.33. The van der Waals surface area contributed by atoms with Crippen LogP contribution in [0.4, 0.5) is 11.4 Å². The number of benzene rings is 3. The van der Waals surface area contributed by atoms with Crippen molar-refractivity contribution in [3.05, 3.63) is 72.3 Å². The molecule has 0 amide bonds. The van der Waals surface area contributed by atoms with E-state index in [4.69, 9.17) is 15.9 Å². The zero-order valence-corrected chi connectivity index (χ0v) is 20.2. The van der Waals surface area contributed by atoms with Crippen molar-refractivity contribution < 1.29 is 10.2 Å². The number of rotatable bonds is 6. The highest BCUT2D eigenvalue weighted by molar-refractivity contribution is 7.99. The minimum absolute atomic E-state index is 0. The number of anilines is 2. The van der Waals surface area contributed by atoms with E-state index in [0.29, 0.717) is 13.0 Å². The lowest BCUT2D eigenvalue weighted by atomic mass is 10.1. The van der Waals surface area contributed by atoms with Gasteiger partial charge in [0.15, 0.2) is 11.5 Å². The molecule has 7 heteroatoms. The van der Waals surface area contributed by atoms with Gasteiger partial charge in [0.25, 0.3) is 0 Å². The number of aromatic hydroxyl groups is 2. The molecule has 0 aliphatic carbocycles. The number of phenols is 2. The van der Waals surface area contributed by atoms with E-state index in [1.807, 2.05) is 11.8 Å². The van der Waals surface area contributed by atoms with Gasteiger partial charge in [0.1, 0.15) is 0 Å². The fourth-order valence-corrected chi connectivity index (χ4v) is 4.55. The van der Waals surface area contributed by atoms with Crippen LogP contribution in [0, 0.1) is 0 Å². The van der Waals surface area contributed by atoms with Gasteiger partial charge in [-0.05, 0) is 82.0 Å². The van der Waals surface area contributed by atoms with Crippen LogP contribution in [0.2, 0.25) is 0 Å². The van der Waals surface area contributed by atoms with Gasteiger partial charge >= 0.3 is 0 Å². The van der Waals surface area contributed by atoms with Crippen molar-refractivity contribution in [1.82, 2.24) is 4.90 Å². The zero-order chi connectivity index (χ0) is 22.2. The van der Waals surface area contributed by atoms with Gasteiger partial charge in [0.2, 0.25) is 0 Å². The molecule has 0 aromatic heterocycles. The predicted octanol–water partition coefficient (Wildman–Crippen LogP) is 5.26. The summed E-state index contributed by atoms with van der Waals surface area (Å²) in [6.07, 6.45) is 1.88. The van der Waals surface area contributed by atoms with Gasteiger partial charge in [0, 0.05) is 16.3 Å². The first-order valence-corrected chi connectivity index (χ1v) is 11.3. The van der Waals surface area contributed by atoms with Crippen LogP contribution in [0.3, 0.4) is 0 Å². The van der Waals surface area contributed by atoms with E-state index in [2.05, 4.69) is 72.4 Å². The maximum Gasteiger partial charge on any atom is 0.157 e. The fourth-order valence-electron chi connectivity index (χ4n) is 3.46. The summed E-state index contributed by atoms with van der Waals surface area (Å²) < 4.78 is 0. The summed E-state index contributed by atoms with van der Waals surface area (Å²) in [4.78, 5) is 7.42. The molecule has 32 heavy (non-hydrogen) atoms. The highest BCUT2D eigenvalue weighted by Crippen LogP contribution is 2.47. The van der Waals surface area contributed by atoms with Crippen molar-refractivity contribution in [3.63, 3.8) is 0 Å². The van der Waals surface area contributed by atoms with Crippen molar-refractivity contribution in [2.75, 3.05) is 38.6 Å². The Labute approximate surface area is 201 Å². The molecule has 0 spiro atoms. The molecule has 0 radical (unpaired) electrons. The van der Waals surface area contributed by atoms with Gasteiger partial charge in [-0.1, -0.05) is 42.1 Å². The van der Waals surface area contributed by atoms with Crippen LogP contribution in [0.5, 0.6) is 11.5 Å². The molecule has 0 saturated heterocycles. The summed E-state index contributed by atoms with van der Waals surface area (Å²) in [7, 11) is 4.27. The maximum atomic E-state index is 9.04. The lowest BCUT2D eigenvalue weighted by molar-refractivity contribution is 0.402. The molecule has 0 atom stereocenters. The highest BCUT2D eigenvalue weighted by atomic mass is 35.5. The van der Waals surface area contributed by atoms with Gasteiger partial charge in [0.05, 0.1) is 11.4 Å². The largest absolute Gasteiger partial charge is 0.504 e. The second kappa shape index (κ2) is 12.6. The second-order valence-corrected chi connectivity index (χ2v) is 8.79. The molecule has 1 aliphatic rings. The first kappa shape index (κ1) is 25.9. The summed E-state index contributed by atoms with van der Waals surface area (Å²) in [5.74, 6) is -0.179. The van der Waals surface area contributed by atoms with E-state index in [9.17, 15) is 0 Å². The molecule has 3 aromatic rings. The molecule has 0 saturated carbocycles. The van der Waals surface area contributed by atoms with Crippen molar-refractivity contribution in [3.8, 4) is 11.5 Å². The summed E-state index contributed by atoms with van der Waals surface area (Å²) >= 11 is 1.87. The number of phenolic OH excluding ortho intramolecular Hbond substituents is 2. The summed E-state index contributed by atoms with van der Waals surface area (Å²) in [6, 6.07) is 22.1. The number of fused-ring (bicyclic) bond motifs is 2. The Balaban J connectivity index is 0.000000259. The average molecular weight is 474 g/mol. The van der Waals surface area contributed by atoms with E-state index < -0.39 is 0 Å². The molecule has 4 rings (SSSR count). The number of nitrogens with zero attached hydrogens (tertiary/aromatic N) is 2. The third-order valence-corrected chi connectivity index (χ3v) is 6.12. The topological polar surface area (TPSA) is 73.0 Å². The Hall–Kier alpha value is -2.38. The van der Waals surface area contributed by atoms with Crippen molar-refractivity contribution in [1.29, 1.82) is 0 Å². The van der Waals surface area contributed by atoms with Crippen LogP contribution in [-0.4, -0.2) is 48.8 Å². The fraction of sp³-hybridized carbons (Fsp3) is 0.280. The lowest BCUT2D eigenvalue weighted by Crippen LogP contribution is -2.25. The van der Waals surface area contributed by atoms with Crippen molar-refractivity contribution >= 4 is 35.5 Å². The van der Waals surface area contributed by atoms with Gasteiger partial charge < -0.3 is 25.7 Å². The van der Waals surface area contributed by atoms with Gasteiger partial charge in [-0.3, -0.25) is 0 Å². The molecule has 172 valence electrons. The Morgan fingerprint density at radius 3 is 2.00 bits per heavy atom. The Kier molecular flexibility index (Phi) is 10.2. The molecule has 1 aliphatic heterocycles. The molecular formula is C25H32ClN3O2S. The molecule has 0 fully saturated rings. The van der Waals surface area contributed by atoms with E-state index in [0.717, 1.165) is 18.7 Å². The van der Waals surface area contributed by atoms with Gasteiger partial charge in [-0.2, -0.15) is 0 Å². The summed E-state index contributed by atoms with van der Waals surface area (Å²) in [6.45, 7) is 2.73. The quantitative estimate of drug-likeness (QED) is 0.424. The molecule has 4 N–H and O–H groups in total. The smallest absolute Gasteiger partial charge is 0.157 e. The Bertz CT molecular complexity index is 955. The minimum atomic E-state index is -0.0919. The van der Waals surface area contributed by atoms with Crippen LogP contribution in [0.25, 0.3) is 0 Å². The first-order valence-electron chi connectivity index (χ1n) is 10.5. The molecular weight excluding hydrogens is 442 g/mol. The Morgan fingerprint density at radius 2 is 1.47 bits per heavy atom. The average Bonchev–Trinajstić information content (AvgIpc) is 2.76. The third kappa shape index (κ3) is 6.81. The zero-order valence-electron chi connectivity index (χ0n) is 18.6. The SMILES string of the molecule is CN(C)CCCN1c2ccccc2Sc2ccccc21.Cl.NCCc1ccc(O)c(O)c1. The van der Waals surface area contributed by atoms with E-state index in [1.165, 1.54) is 39.7 Å². The molecule has 1 heterocycles. The summed E-state index contributed by atoms with van der Waals surface area (Å²) in [5, 5.41) is 18.0. The van der Waals surface area contributed by atoms with Gasteiger partial charge in [-0.15, -0.1) is 12.4 Å². The van der Waals surface area contributed by atoms with Crippen LogP contribution in [0.1, 0.15) is 12.0 Å². The van der Waals surface area contributed by atoms with Gasteiger partial charge in [-0.25, -0.2) is 0 Å². The maximum absolute atomic E-state index is 9.04. The number of hydrogen-bond acceptors (Lipinski definition) is 6. The van der Waals surface area contributed by atoms with Crippen LogP contribution >= 0.6 is 24.2 Å². The number of nitrogens with two attached hydrogens (primary N) is 1. The standard InChI is InChI=1S/C17H20N2S.C8H11NO2.ClH/c1-18(2)12-7-13-19-14-8-3-5-10-16(14)20-17-11-6-4-9-15(17)19;9-4-3-6-1-2-7(10)8(11)5-6;/h3-6,8-11H,7,12-13H2,1-2H3;1-2,5,10-11H,3-4,9H2;1H. The van der Waals surface area contributed by atoms with E-state index >= 15 is 0 Å². The Morgan fingerprint density at radius 1 is 0.875 bits per heavy atom. The minimum Gasteiger partial charge on any atom is -0.504 e. The monoisotopic (exact) mass is 473 g/mol. The first-order chi connectivity index (χ1) is 15.0. The normalized spacial score (nSPS) is 11.7. The number of hydrogen-bond donors (Lipinski definition) is 3. The molecule has 0 unspecified atom stereocenters. The number of halogens is 1. The highest BCUT2D eigenvalue weighted by Gasteiger charge is 2.22. The van der Waals surface area contributed by atoms with Crippen molar-refractivity contribution in [2.45, 2.75) is 22.6 Å². The third-order valence-electron chi connectivity index (χ3n) is 4.99. The van der Waals surface area contributed by atoms with Crippen LogP contribution < -0.4 is 10.6 Å². The second-order valence-electron chi connectivity index (χ2n) is 7.71. The molecule has 5 nitrogen and oxygen atoms in total. The van der Waals surface area contributed by atoms with E-state index in [1.54, 1.807) is 6.07 Å². The van der Waals surface area contributed by atoms with Crippen LogP contribution in [-0.2, 0) is 6.42 Å². The number of para-hydroxylation sites is 2. The van der Waals surface area contributed by atoms with Crippen molar-refractivity contribution in [2.24, 2.45) is 5.73 Å². The molecule has 3 aromatic carbocycles. The molecule has 0 bridgehead atoms. The van der Waals surface area contributed by atoms with E-state index in [-0.39, 0.29) is 23.9 Å². The van der Waals surface area contributed by atoms with Crippen LogP contribution in [0.15, 0.2) is 76.5 Å².